The van der Waals surface area contributed by atoms with Crippen molar-refractivity contribution < 1.29 is 14.3 Å². The maximum Gasteiger partial charge on any atom is 0.412 e. The van der Waals surface area contributed by atoms with E-state index in [1.165, 1.54) is 5.01 Å². The number of amides is 2. The topological polar surface area (TPSA) is 83.9 Å². The molecule has 1 aromatic heterocycles. The monoisotopic (exact) mass is 520 g/mol. The van der Waals surface area contributed by atoms with Gasteiger partial charge in [-0.15, -0.1) is 0 Å². The van der Waals surface area contributed by atoms with E-state index in [-0.39, 0.29) is 11.9 Å². The van der Waals surface area contributed by atoms with Crippen LogP contribution in [0, 0.1) is 0 Å². The SMILES string of the molecule is CC(C)(C)OC(=O)Nc1ccc(C2=NN(C(=O)c3ccc(Br)cc3)C(c3ccccc3)C2)nc1. The number of nitrogens with one attached hydrogen (secondary N) is 1. The quantitative estimate of drug-likeness (QED) is 0.444. The Balaban J connectivity index is 1.57. The van der Waals surface area contributed by atoms with Crippen LogP contribution in [0.5, 0.6) is 0 Å². The van der Waals surface area contributed by atoms with Gasteiger partial charge in [0.1, 0.15) is 5.60 Å². The maximum atomic E-state index is 13.3. The summed E-state index contributed by atoms with van der Waals surface area (Å²) in [4.78, 5) is 29.8. The van der Waals surface area contributed by atoms with Gasteiger partial charge in [0.05, 0.1) is 29.3 Å². The second-order valence-electron chi connectivity index (χ2n) is 8.89. The second-order valence-corrected chi connectivity index (χ2v) is 9.81. The van der Waals surface area contributed by atoms with Crippen LogP contribution in [0.1, 0.15) is 54.8 Å². The molecule has 4 rings (SSSR count). The van der Waals surface area contributed by atoms with Crippen molar-refractivity contribution in [2.45, 2.75) is 38.8 Å². The molecule has 2 amide bonds. The average molecular weight is 521 g/mol. The van der Waals surface area contributed by atoms with E-state index < -0.39 is 11.7 Å². The first-order valence-corrected chi connectivity index (χ1v) is 11.7. The number of halogens is 1. The first-order chi connectivity index (χ1) is 16.2. The molecule has 8 heteroatoms. The zero-order valence-electron chi connectivity index (χ0n) is 19.2. The van der Waals surface area contributed by atoms with Gasteiger partial charge in [-0.3, -0.25) is 15.1 Å². The first-order valence-electron chi connectivity index (χ1n) is 10.9. The molecule has 0 saturated carbocycles. The van der Waals surface area contributed by atoms with Crippen molar-refractivity contribution in [2.24, 2.45) is 5.10 Å². The Morgan fingerprint density at radius 1 is 1.03 bits per heavy atom. The fourth-order valence-corrected chi connectivity index (χ4v) is 3.84. The molecule has 1 N–H and O–H groups in total. The van der Waals surface area contributed by atoms with Crippen LogP contribution in [-0.2, 0) is 4.74 Å². The molecule has 0 saturated heterocycles. The van der Waals surface area contributed by atoms with Crippen LogP contribution in [0.15, 0.2) is 82.5 Å². The van der Waals surface area contributed by atoms with Gasteiger partial charge in [0.2, 0.25) is 0 Å². The van der Waals surface area contributed by atoms with Gasteiger partial charge in [-0.1, -0.05) is 46.3 Å². The largest absolute Gasteiger partial charge is 0.444 e. The molecule has 0 radical (unpaired) electrons. The summed E-state index contributed by atoms with van der Waals surface area (Å²) in [5.41, 5.74) is 2.81. The molecule has 1 aliphatic rings. The van der Waals surface area contributed by atoms with Crippen LogP contribution in [0.25, 0.3) is 0 Å². The smallest absolute Gasteiger partial charge is 0.412 e. The molecule has 2 heterocycles. The highest BCUT2D eigenvalue weighted by atomic mass is 79.9. The van der Waals surface area contributed by atoms with Crippen LogP contribution in [-0.4, -0.2) is 33.3 Å². The number of nitrogens with zero attached hydrogens (tertiary/aromatic N) is 3. The van der Waals surface area contributed by atoms with Crippen LogP contribution >= 0.6 is 15.9 Å². The number of aromatic nitrogens is 1. The van der Waals surface area contributed by atoms with Crippen molar-refractivity contribution in [2.75, 3.05) is 5.32 Å². The number of carbonyl (C=O) groups is 2. The summed E-state index contributed by atoms with van der Waals surface area (Å²) in [6, 6.07) is 20.3. The lowest BCUT2D eigenvalue weighted by Crippen LogP contribution is -2.27. The molecular weight excluding hydrogens is 496 g/mol. The van der Waals surface area contributed by atoms with E-state index >= 15 is 0 Å². The highest BCUT2D eigenvalue weighted by Gasteiger charge is 2.34. The molecular formula is C26H25BrN4O3. The average Bonchev–Trinajstić information content (AvgIpc) is 3.24. The highest BCUT2D eigenvalue weighted by Crippen LogP contribution is 2.33. The third kappa shape index (κ3) is 5.69. The molecule has 0 spiro atoms. The predicted octanol–water partition coefficient (Wildman–Crippen LogP) is 6.18. The minimum absolute atomic E-state index is 0.181. The van der Waals surface area contributed by atoms with Gasteiger partial charge in [0, 0.05) is 16.5 Å². The molecule has 7 nitrogen and oxygen atoms in total. The van der Waals surface area contributed by atoms with Gasteiger partial charge in [0.25, 0.3) is 5.91 Å². The summed E-state index contributed by atoms with van der Waals surface area (Å²) in [5.74, 6) is -0.181. The number of benzene rings is 2. The molecule has 3 aromatic rings. The summed E-state index contributed by atoms with van der Waals surface area (Å²) in [6.07, 6.45) is 1.53. The van der Waals surface area contributed by atoms with E-state index in [1.807, 2.05) is 42.5 Å². The molecule has 174 valence electrons. The maximum absolute atomic E-state index is 13.3. The Labute approximate surface area is 207 Å². The minimum Gasteiger partial charge on any atom is -0.444 e. The molecule has 1 atom stereocenters. The zero-order chi connectivity index (χ0) is 24.3. The molecule has 34 heavy (non-hydrogen) atoms. The van der Waals surface area contributed by atoms with Crippen molar-refractivity contribution in [3.05, 3.63) is 94.2 Å². The number of ether oxygens (including phenoxy) is 1. The molecule has 2 aromatic carbocycles. The van der Waals surface area contributed by atoms with Gasteiger partial charge < -0.3 is 4.74 Å². The standard InChI is InChI=1S/C26H25BrN4O3/c1-26(2,3)34-25(33)29-20-13-14-21(28-16-20)22-15-23(17-7-5-4-6-8-17)31(30-22)24(32)18-9-11-19(27)12-10-18/h4-14,16,23H,15H2,1-3H3,(H,29,33). The normalized spacial score (nSPS) is 15.6. The summed E-state index contributed by atoms with van der Waals surface area (Å²) in [5, 5.41) is 8.87. The van der Waals surface area contributed by atoms with Crippen molar-refractivity contribution in [3.63, 3.8) is 0 Å². The van der Waals surface area contributed by atoms with Gasteiger partial charge in [0.15, 0.2) is 0 Å². The van der Waals surface area contributed by atoms with Crippen LogP contribution in [0.4, 0.5) is 10.5 Å². The fraction of sp³-hybridized carbons (Fsp3) is 0.231. The summed E-state index contributed by atoms with van der Waals surface area (Å²) in [6.45, 7) is 5.41. The number of anilines is 1. The number of hydrogen-bond donors (Lipinski definition) is 1. The highest BCUT2D eigenvalue weighted by molar-refractivity contribution is 9.10. The second kappa shape index (κ2) is 9.77. The molecule has 0 bridgehead atoms. The van der Waals surface area contributed by atoms with Gasteiger partial charge in [-0.05, 0) is 62.7 Å². The van der Waals surface area contributed by atoms with E-state index in [0.717, 1.165) is 10.0 Å². The fourth-order valence-electron chi connectivity index (χ4n) is 3.57. The van der Waals surface area contributed by atoms with Gasteiger partial charge >= 0.3 is 6.09 Å². The Bertz CT molecular complexity index is 1200. The Hall–Kier alpha value is -3.52. The lowest BCUT2D eigenvalue weighted by atomic mass is 10.00. The van der Waals surface area contributed by atoms with Gasteiger partial charge in [-0.2, -0.15) is 5.10 Å². The summed E-state index contributed by atoms with van der Waals surface area (Å²) in [7, 11) is 0. The number of rotatable bonds is 4. The Morgan fingerprint density at radius 2 is 1.74 bits per heavy atom. The molecule has 1 aliphatic heterocycles. The predicted molar refractivity (Wildman–Crippen MR) is 135 cm³/mol. The van der Waals surface area contributed by atoms with E-state index in [1.54, 1.807) is 51.2 Å². The van der Waals surface area contributed by atoms with Crippen LogP contribution < -0.4 is 5.32 Å². The van der Waals surface area contributed by atoms with Crippen LogP contribution in [0.2, 0.25) is 0 Å². The van der Waals surface area contributed by atoms with Crippen LogP contribution in [0.3, 0.4) is 0 Å². The summed E-state index contributed by atoms with van der Waals surface area (Å²) >= 11 is 3.41. The number of carbonyl (C=O) groups excluding carboxylic acids is 2. The van der Waals surface area contributed by atoms with Gasteiger partial charge in [-0.25, -0.2) is 9.80 Å². The third-order valence-electron chi connectivity index (χ3n) is 5.10. The third-order valence-corrected chi connectivity index (χ3v) is 5.63. The number of hydrogen-bond acceptors (Lipinski definition) is 5. The zero-order valence-corrected chi connectivity index (χ0v) is 20.7. The Kier molecular flexibility index (Phi) is 6.79. The number of pyridine rings is 1. The number of hydrazone groups is 1. The minimum atomic E-state index is -0.590. The van der Waals surface area contributed by atoms with E-state index in [0.29, 0.717) is 29.1 Å². The van der Waals surface area contributed by atoms with E-state index in [2.05, 4.69) is 31.3 Å². The van der Waals surface area contributed by atoms with Crippen molar-refractivity contribution in [1.29, 1.82) is 0 Å². The molecule has 0 aliphatic carbocycles. The summed E-state index contributed by atoms with van der Waals surface area (Å²) < 4.78 is 6.18. The lowest BCUT2D eigenvalue weighted by Gasteiger charge is -2.22. The Morgan fingerprint density at radius 3 is 2.35 bits per heavy atom. The van der Waals surface area contributed by atoms with E-state index in [4.69, 9.17) is 4.74 Å². The van der Waals surface area contributed by atoms with E-state index in [9.17, 15) is 9.59 Å². The first kappa shape index (κ1) is 23.6. The molecule has 1 unspecified atom stereocenters. The molecule has 0 fully saturated rings. The van der Waals surface area contributed by atoms with Crippen molar-refractivity contribution in [3.8, 4) is 0 Å². The van der Waals surface area contributed by atoms with Crippen molar-refractivity contribution >= 4 is 39.3 Å². The van der Waals surface area contributed by atoms with Crippen molar-refractivity contribution in [1.82, 2.24) is 9.99 Å². The lowest BCUT2D eigenvalue weighted by molar-refractivity contribution is 0.0635.